The Morgan fingerprint density at radius 2 is 1.72 bits per heavy atom. The number of para-hydroxylation sites is 1. The second kappa shape index (κ2) is 8.18. The van der Waals surface area contributed by atoms with Gasteiger partial charge < -0.3 is 20.9 Å². The van der Waals surface area contributed by atoms with Gasteiger partial charge >= 0.3 is 0 Å². The Balaban J connectivity index is 1.45. The molecule has 1 aliphatic heterocycles. The summed E-state index contributed by atoms with van der Waals surface area (Å²) < 4.78 is 13.4. The number of pyridine rings is 1. The lowest BCUT2D eigenvalue weighted by atomic mass is 10.2. The molecule has 0 atom stereocenters. The van der Waals surface area contributed by atoms with Gasteiger partial charge in [0.15, 0.2) is 0 Å². The Bertz CT molecular complexity index is 1000. The minimum Gasteiger partial charge on any atom is -0.399 e. The van der Waals surface area contributed by atoms with Crippen molar-refractivity contribution in [1.82, 2.24) is 9.88 Å². The van der Waals surface area contributed by atoms with Crippen molar-refractivity contribution in [2.45, 2.75) is 0 Å². The number of amides is 1. The zero-order valence-corrected chi connectivity index (χ0v) is 15.9. The number of nitrogens with two attached hydrogens (primary N) is 1. The quantitative estimate of drug-likeness (QED) is 0.712. The Kier molecular flexibility index (Phi) is 5.29. The van der Waals surface area contributed by atoms with Crippen LogP contribution in [0.5, 0.6) is 0 Å². The summed E-state index contributed by atoms with van der Waals surface area (Å²) in [6.07, 6.45) is 0. The number of anilines is 4. The molecule has 2 aromatic carbocycles. The predicted molar refractivity (Wildman–Crippen MR) is 113 cm³/mol. The fourth-order valence-electron chi connectivity index (χ4n) is 3.41. The summed E-state index contributed by atoms with van der Waals surface area (Å²) in [5, 5.41) is 3.00. The highest BCUT2D eigenvalue weighted by Gasteiger charge is 2.23. The third-order valence-corrected chi connectivity index (χ3v) is 4.85. The first-order chi connectivity index (χ1) is 14.1. The van der Waals surface area contributed by atoms with E-state index in [0.29, 0.717) is 30.3 Å². The summed E-state index contributed by atoms with van der Waals surface area (Å²) in [5.41, 5.74) is 8.37. The van der Waals surface area contributed by atoms with E-state index >= 15 is 0 Å². The minimum atomic E-state index is -0.355. The van der Waals surface area contributed by atoms with Crippen molar-refractivity contribution in [1.29, 1.82) is 0 Å². The van der Waals surface area contributed by atoms with Crippen LogP contribution in [0.2, 0.25) is 0 Å². The maximum absolute atomic E-state index is 13.4. The van der Waals surface area contributed by atoms with Gasteiger partial charge in [-0.15, -0.1) is 0 Å². The normalized spacial score (nSPS) is 14.0. The molecular formula is C22H22FN5O. The van der Waals surface area contributed by atoms with Crippen LogP contribution in [0.4, 0.5) is 27.3 Å². The number of hydrogen-bond acceptors (Lipinski definition) is 5. The molecule has 1 fully saturated rings. The molecular weight excluding hydrogens is 369 g/mol. The van der Waals surface area contributed by atoms with E-state index in [1.807, 2.05) is 18.2 Å². The Morgan fingerprint density at radius 3 is 2.45 bits per heavy atom. The zero-order chi connectivity index (χ0) is 20.2. The Hall–Kier alpha value is -3.61. The van der Waals surface area contributed by atoms with Gasteiger partial charge in [0.2, 0.25) is 0 Å². The summed E-state index contributed by atoms with van der Waals surface area (Å²) in [6.45, 7) is 2.73. The van der Waals surface area contributed by atoms with Crippen molar-refractivity contribution in [3.63, 3.8) is 0 Å². The lowest BCUT2D eigenvalue weighted by Gasteiger charge is -2.36. The number of nitrogens with zero attached hydrogens (tertiary/aromatic N) is 3. The van der Waals surface area contributed by atoms with Gasteiger partial charge in [0.05, 0.1) is 0 Å². The number of halogens is 1. The van der Waals surface area contributed by atoms with Crippen LogP contribution in [0.25, 0.3) is 0 Å². The molecule has 2 heterocycles. The average Bonchev–Trinajstić information content (AvgIpc) is 2.73. The molecule has 3 aromatic rings. The molecule has 0 saturated carbocycles. The minimum absolute atomic E-state index is 0.160. The molecule has 1 amide bonds. The van der Waals surface area contributed by atoms with Crippen LogP contribution in [0, 0.1) is 5.82 Å². The molecule has 0 spiro atoms. The number of piperazine rings is 1. The number of benzene rings is 2. The second-order valence-corrected chi connectivity index (χ2v) is 6.92. The van der Waals surface area contributed by atoms with E-state index < -0.39 is 0 Å². The SMILES string of the molecule is Nc1cc(Nc2cccc(F)c2)nc(C(=O)N2CCN(c3ccccc3)CC2)c1. The summed E-state index contributed by atoms with van der Waals surface area (Å²) in [6, 6.07) is 19.4. The number of hydrogen-bond donors (Lipinski definition) is 2. The first kappa shape index (κ1) is 18.7. The van der Waals surface area contributed by atoms with E-state index in [1.165, 1.54) is 12.1 Å². The van der Waals surface area contributed by atoms with Gasteiger partial charge in [-0.25, -0.2) is 9.37 Å². The molecule has 1 saturated heterocycles. The molecule has 7 heteroatoms. The van der Waals surface area contributed by atoms with Crippen LogP contribution >= 0.6 is 0 Å². The highest BCUT2D eigenvalue weighted by molar-refractivity contribution is 5.94. The summed E-state index contributed by atoms with van der Waals surface area (Å²) in [5.74, 6) is -0.110. The third-order valence-electron chi connectivity index (χ3n) is 4.85. The largest absolute Gasteiger partial charge is 0.399 e. The van der Waals surface area contributed by atoms with Gasteiger partial charge in [-0.1, -0.05) is 24.3 Å². The predicted octanol–water partition coefficient (Wildman–Crippen LogP) is 3.51. The lowest BCUT2D eigenvalue weighted by Crippen LogP contribution is -2.49. The third kappa shape index (κ3) is 4.45. The number of rotatable bonds is 4. The van der Waals surface area contributed by atoms with Crippen LogP contribution in [0.15, 0.2) is 66.7 Å². The topological polar surface area (TPSA) is 74.5 Å². The Labute approximate surface area is 168 Å². The van der Waals surface area contributed by atoms with E-state index in [1.54, 1.807) is 29.2 Å². The van der Waals surface area contributed by atoms with E-state index in [0.717, 1.165) is 18.8 Å². The van der Waals surface area contributed by atoms with Crippen molar-refractivity contribution in [2.24, 2.45) is 0 Å². The molecule has 3 N–H and O–H groups in total. The molecule has 148 valence electrons. The van der Waals surface area contributed by atoms with Gasteiger partial charge in [-0.3, -0.25) is 4.79 Å². The van der Waals surface area contributed by atoms with E-state index in [4.69, 9.17) is 5.73 Å². The van der Waals surface area contributed by atoms with E-state index in [2.05, 4.69) is 27.3 Å². The maximum atomic E-state index is 13.4. The maximum Gasteiger partial charge on any atom is 0.272 e. The van der Waals surface area contributed by atoms with Crippen molar-refractivity contribution in [3.8, 4) is 0 Å². The van der Waals surface area contributed by atoms with E-state index in [9.17, 15) is 9.18 Å². The highest BCUT2D eigenvalue weighted by atomic mass is 19.1. The van der Waals surface area contributed by atoms with Crippen molar-refractivity contribution < 1.29 is 9.18 Å². The van der Waals surface area contributed by atoms with Crippen molar-refractivity contribution in [2.75, 3.05) is 42.1 Å². The van der Waals surface area contributed by atoms with Crippen LogP contribution in [-0.4, -0.2) is 42.0 Å². The van der Waals surface area contributed by atoms with Gasteiger partial charge in [-0.2, -0.15) is 0 Å². The first-order valence-electron chi connectivity index (χ1n) is 9.48. The number of aromatic nitrogens is 1. The fourth-order valence-corrected chi connectivity index (χ4v) is 3.41. The molecule has 0 aliphatic carbocycles. The molecule has 4 rings (SSSR count). The molecule has 1 aromatic heterocycles. The number of carbonyl (C=O) groups is 1. The standard InChI is InChI=1S/C22H22FN5O/c23-16-5-4-6-18(13-16)25-21-15-17(24)14-20(26-21)22(29)28-11-9-27(10-12-28)19-7-2-1-3-8-19/h1-8,13-15H,9-12H2,(H3,24,25,26). The number of nitrogens with one attached hydrogen (secondary N) is 1. The zero-order valence-electron chi connectivity index (χ0n) is 15.9. The molecule has 0 unspecified atom stereocenters. The van der Waals surface area contributed by atoms with Gasteiger partial charge in [-0.05, 0) is 36.4 Å². The van der Waals surface area contributed by atoms with Crippen molar-refractivity contribution in [3.05, 3.63) is 78.2 Å². The van der Waals surface area contributed by atoms with Crippen LogP contribution < -0.4 is 16.0 Å². The van der Waals surface area contributed by atoms with Crippen LogP contribution in [0.1, 0.15) is 10.5 Å². The van der Waals surface area contributed by atoms with Crippen molar-refractivity contribution >= 4 is 28.8 Å². The smallest absolute Gasteiger partial charge is 0.272 e. The molecule has 6 nitrogen and oxygen atoms in total. The average molecular weight is 391 g/mol. The number of nitrogen functional groups attached to an aromatic ring is 1. The Morgan fingerprint density at radius 1 is 0.966 bits per heavy atom. The summed E-state index contributed by atoms with van der Waals surface area (Å²) in [7, 11) is 0. The first-order valence-corrected chi connectivity index (χ1v) is 9.48. The molecule has 0 radical (unpaired) electrons. The summed E-state index contributed by atoms with van der Waals surface area (Å²) in [4.78, 5) is 21.4. The lowest BCUT2D eigenvalue weighted by molar-refractivity contribution is 0.0741. The molecule has 1 aliphatic rings. The van der Waals surface area contributed by atoms with Crippen LogP contribution in [-0.2, 0) is 0 Å². The van der Waals surface area contributed by atoms with Crippen LogP contribution in [0.3, 0.4) is 0 Å². The summed E-state index contributed by atoms with van der Waals surface area (Å²) >= 11 is 0. The van der Waals surface area contributed by atoms with Gasteiger partial charge in [0, 0.05) is 49.3 Å². The monoisotopic (exact) mass is 391 g/mol. The fraction of sp³-hybridized carbons (Fsp3) is 0.182. The number of carbonyl (C=O) groups excluding carboxylic acids is 1. The highest BCUT2D eigenvalue weighted by Crippen LogP contribution is 2.21. The van der Waals surface area contributed by atoms with Gasteiger partial charge in [0.1, 0.15) is 17.3 Å². The van der Waals surface area contributed by atoms with Gasteiger partial charge in [0.25, 0.3) is 5.91 Å². The second-order valence-electron chi connectivity index (χ2n) is 6.92. The molecule has 29 heavy (non-hydrogen) atoms. The molecule has 0 bridgehead atoms. The van der Waals surface area contributed by atoms with E-state index in [-0.39, 0.29) is 17.4 Å².